The first-order chi connectivity index (χ1) is 5.18. The molecule has 0 N–H and O–H groups in total. The van der Waals surface area contributed by atoms with Crippen molar-refractivity contribution in [3.63, 3.8) is 0 Å². The zero-order valence-corrected chi connectivity index (χ0v) is 7.84. The third kappa shape index (κ3) is 3.04. The van der Waals surface area contributed by atoms with Crippen molar-refractivity contribution in [2.24, 2.45) is 0 Å². The molecular formula is C8H9ClOS. The lowest BCUT2D eigenvalue weighted by atomic mass is 10.2. The van der Waals surface area contributed by atoms with Crippen LogP contribution in [0.3, 0.4) is 0 Å². The van der Waals surface area contributed by atoms with Crippen LogP contribution in [-0.2, 0) is 11.2 Å². The number of rotatable bonds is 3. The van der Waals surface area contributed by atoms with E-state index >= 15 is 0 Å². The SMILES string of the molecule is CC(=O)CCc1cc(Cl)cs1. The van der Waals surface area contributed by atoms with Gasteiger partial charge in [-0.2, -0.15) is 0 Å². The summed E-state index contributed by atoms with van der Waals surface area (Å²) in [4.78, 5) is 11.8. The van der Waals surface area contributed by atoms with E-state index in [4.69, 9.17) is 11.6 Å². The third-order valence-electron chi connectivity index (χ3n) is 1.35. The van der Waals surface area contributed by atoms with Gasteiger partial charge in [0.15, 0.2) is 0 Å². The summed E-state index contributed by atoms with van der Waals surface area (Å²) in [6.07, 6.45) is 1.45. The fourth-order valence-electron chi connectivity index (χ4n) is 0.784. The van der Waals surface area contributed by atoms with E-state index in [-0.39, 0.29) is 5.78 Å². The first-order valence-electron chi connectivity index (χ1n) is 3.41. The van der Waals surface area contributed by atoms with Crippen molar-refractivity contribution in [1.82, 2.24) is 0 Å². The van der Waals surface area contributed by atoms with E-state index in [0.717, 1.165) is 11.4 Å². The highest BCUT2D eigenvalue weighted by molar-refractivity contribution is 7.10. The van der Waals surface area contributed by atoms with Gasteiger partial charge in [0.25, 0.3) is 0 Å². The number of hydrogen-bond acceptors (Lipinski definition) is 2. The summed E-state index contributed by atoms with van der Waals surface area (Å²) < 4.78 is 0. The Bertz CT molecular complexity index is 254. The summed E-state index contributed by atoms with van der Waals surface area (Å²) in [6.45, 7) is 1.61. The fraction of sp³-hybridized carbons (Fsp3) is 0.375. The van der Waals surface area contributed by atoms with Gasteiger partial charge in [0.1, 0.15) is 5.78 Å². The number of carbonyl (C=O) groups is 1. The number of aryl methyl sites for hydroxylation is 1. The van der Waals surface area contributed by atoms with E-state index in [1.807, 2.05) is 11.4 Å². The summed E-state index contributed by atoms with van der Waals surface area (Å²) in [5, 5.41) is 2.66. The Morgan fingerprint density at radius 2 is 2.45 bits per heavy atom. The molecule has 0 fully saturated rings. The highest BCUT2D eigenvalue weighted by Crippen LogP contribution is 2.20. The molecule has 0 bridgehead atoms. The zero-order valence-electron chi connectivity index (χ0n) is 6.26. The average molecular weight is 189 g/mol. The van der Waals surface area contributed by atoms with Crippen LogP contribution in [-0.4, -0.2) is 5.78 Å². The molecule has 11 heavy (non-hydrogen) atoms. The summed E-state index contributed by atoms with van der Waals surface area (Å²) >= 11 is 7.31. The van der Waals surface area contributed by atoms with Crippen LogP contribution >= 0.6 is 22.9 Å². The number of thiophene rings is 1. The van der Waals surface area contributed by atoms with Gasteiger partial charge in [-0.1, -0.05) is 11.6 Å². The van der Waals surface area contributed by atoms with E-state index in [0.29, 0.717) is 6.42 Å². The smallest absolute Gasteiger partial charge is 0.130 e. The molecule has 0 aliphatic rings. The van der Waals surface area contributed by atoms with Gasteiger partial charge in [0.05, 0.1) is 5.02 Å². The molecule has 0 saturated carbocycles. The van der Waals surface area contributed by atoms with Crippen molar-refractivity contribution < 1.29 is 4.79 Å². The lowest BCUT2D eigenvalue weighted by molar-refractivity contribution is -0.116. The Hall–Kier alpha value is -0.340. The minimum atomic E-state index is 0.231. The number of ketones is 1. The largest absolute Gasteiger partial charge is 0.300 e. The van der Waals surface area contributed by atoms with Crippen LogP contribution in [0.4, 0.5) is 0 Å². The molecule has 0 aromatic carbocycles. The van der Waals surface area contributed by atoms with Crippen LogP contribution < -0.4 is 0 Å². The maximum absolute atomic E-state index is 10.6. The lowest BCUT2D eigenvalue weighted by Gasteiger charge is -1.90. The molecule has 1 nitrogen and oxygen atoms in total. The van der Waals surface area contributed by atoms with Crippen molar-refractivity contribution in [1.29, 1.82) is 0 Å². The van der Waals surface area contributed by atoms with Crippen LogP contribution in [0.2, 0.25) is 5.02 Å². The minimum absolute atomic E-state index is 0.231. The fourth-order valence-corrected chi connectivity index (χ4v) is 1.86. The monoisotopic (exact) mass is 188 g/mol. The molecule has 1 aromatic heterocycles. The van der Waals surface area contributed by atoms with E-state index in [1.165, 1.54) is 4.88 Å². The number of carbonyl (C=O) groups excluding carboxylic acids is 1. The van der Waals surface area contributed by atoms with Crippen molar-refractivity contribution in [3.05, 3.63) is 21.3 Å². The second-order valence-electron chi connectivity index (χ2n) is 2.43. The number of halogens is 1. The topological polar surface area (TPSA) is 17.1 Å². The molecule has 0 aliphatic carbocycles. The third-order valence-corrected chi connectivity index (χ3v) is 2.69. The molecule has 0 atom stereocenters. The van der Waals surface area contributed by atoms with Gasteiger partial charge < -0.3 is 4.79 Å². The predicted octanol–water partition coefficient (Wildman–Crippen LogP) is 2.92. The maximum Gasteiger partial charge on any atom is 0.130 e. The quantitative estimate of drug-likeness (QED) is 0.713. The first-order valence-corrected chi connectivity index (χ1v) is 4.66. The van der Waals surface area contributed by atoms with Crippen molar-refractivity contribution in [2.45, 2.75) is 19.8 Å². The van der Waals surface area contributed by atoms with Crippen molar-refractivity contribution >= 4 is 28.7 Å². The Labute approximate surface area is 75.0 Å². The molecule has 60 valence electrons. The Balaban J connectivity index is 2.45. The van der Waals surface area contributed by atoms with Gasteiger partial charge in [0, 0.05) is 16.7 Å². The van der Waals surface area contributed by atoms with Crippen LogP contribution in [0.15, 0.2) is 11.4 Å². The Morgan fingerprint density at radius 1 is 1.73 bits per heavy atom. The Morgan fingerprint density at radius 3 is 2.91 bits per heavy atom. The Kier molecular flexibility index (Phi) is 3.09. The van der Waals surface area contributed by atoms with Crippen molar-refractivity contribution in [2.75, 3.05) is 0 Å². The highest BCUT2D eigenvalue weighted by atomic mass is 35.5. The van der Waals surface area contributed by atoms with Crippen LogP contribution in [0, 0.1) is 0 Å². The van der Waals surface area contributed by atoms with E-state index in [9.17, 15) is 4.79 Å². The molecule has 1 rings (SSSR count). The van der Waals surface area contributed by atoms with Gasteiger partial charge in [-0.25, -0.2) is 0 Å². The second-order valence-corrected chi connectivity index (χ2v) is 3.87. The van der Waals surface area contributed by atoms with Crippen LogP contribution in [0.25, 0.3) is 0 Å². The van der Waals surface area contributed by atoms with E-state index < -0.39 is 0 Å². The molecule has 0 saturated heterocycles. The molecule has 1 aromatic rings. The molecule has 0 radical (unpaired) electrons. The molecule has 0 spiro atoms. The molecule has 0 aliphatic heterocycles. The maximum atomic E-state index is 10.6. The number of hydrogen-bond donors (Lipinski definition) is 0. The van der Waals surface area contributed by atoms with Gasteiger partial charge in [-0.3, -0.25) is 0 Å². The highest BCUT2D eigenvalue weighted by Gasteiger charge is 1.99. The van der Waals surface area contributed by atoms with Gasteiger partial charge >= 0.3 is 0 Å². The minimum Gasteiger partial charge on any atom is -0.300 e. The predicted molar refractivity (Wildman–Crippen MR) is 48.3 cm³/mol. The van der Waals surface area contributed by atoms with Crippen LogP contribution in [0.1, 0.15) is 18.2 Å². The summed E-state index contributed by atoms with van der Waals surface area (Å²) in [5.74, 6) is 0.231. The zero-order chi connectivity index (χ0) is 8.27. The molecule has 0 unspecified atom stereocenters. The van der Waals surface area contributed by atoms with Gasteiger partial charge in [0.2, 0.25) is 0 Å². The normalized spacial score (nSPS) is 10.0. The molecular weight excluding hydrogens is 180 g/mol. The summed E-state index contributed by atoms with van der Waals surface area (Å²) in [5.41, 5.74) is 0. The first kappa shape index (κ1) is 8.75. The lowest BCUT2D eigenvalue weighted by Crippen LogP contribution is -1.91. The van der Waals surface area contributed by atoms with Crippen molar-refractivity contribution in [3.8, 4) is 0 Å². The van der Waals surface area contributed by atoms with E-state index in [1.54, 1.807) is 18.3 Å². The number of Topliss-reactive ketones (excluding diaryl/α,β-unsaturated/α-hetero) is 1. The average Bonchev–Trinajstić information content (AvgIpc) is 2.31. The standard InChI is InChI=1S/C8H9ClOS/c1-6(10)2-3-8-4-7(9)5-11-8/h4-5H,2-3H2,1H3. The van der Waals surface area contributed by atoms with E-state index in [2.05, 4.69) is 0 Å². The van der Waals surface area contributed by atoms with Gasteiger partial charge in [-0.05, 0) is 19.4 Å². The summed E-state index contributed by atoms with van der Waals surface area (Å²) in [7, 11) is 0. The molecule has 0 amide bonds. The second kappa shape index (κ2) is 3.88. The van der Waals surface area contributed by atoms with Gasteiger partial charge in [-0.15, -0.1) is 11.3 Å². The van der Waals surface area contributed by atoms with Crippen LogP contribution in [0.5, 0.6) is 0 Å². The molecule has 1 heterocycles. The molecule has 3 heteroatoms. The summed E-state index contributed by atoms with van der Waals surface area (Å²) in [6, 6.07) is 1.91.